The van der Waals surface area contributed by atoms with E-state index >= 15 is 0 Å². The molecule has 4 N–H and O–H groups in total. The number of carboxylic acid groups (broad SMARTS) is 2. The fraction of sp³-hybridized carbons (Fsp3) is 0.0625. The zero-order valence-electron chi connectivity index (χ0n) is 12.8. The fourth-order valence-corrected chi connectivity index (χ4v) is 1.56. The molecule has 0 bridgehead atoms. The number of rotatable bonds is 4. The summed E-state index contributed by atoms with van der Waals surface area (Å²) in [5, 5.41) is 15.8. The molecule has 0 saturated heterocycles. The van der Waals surface area contributed by atoms with Gasteiger partial charge in [-0.05, 0) is 24.3 Å². The van der Waals surface area contributed by atoms with Gasteiger partial charge in [0.25, 0.3) is 0 Å². The van der Waals surface area contributed by atoms with Crippen molar-refractivity contribution >= 4 is 29.5 Å². The van der Waals surface area contributed by atoms with Crippen LogP contribution in [0, 0.1) is 0 Å². The number of ether oxygens (including phenoxy) is 1. The molecule has 2 aromatic rings. The summed E-state index contributed by atoms with van der Waals surface area (Å²) in [6, 6.07) is 15.7. The maximum Gasteiger partial charge on any atom is 0.343 e. The molecule has 25 heavy (non-hydrogen) atoms. The van der Waals surface area contributed by atoms with Crippen LogP contribution in [0.2, 0.25) is 5.02 Å². The van der Waals surface area contributed by atoms with Gasteiger partial charge in [0.1, 0.15) is 12.2 Å². The Morgan fingerprint density at radius 2 is 1.40 bits per heavy atom. The number of carbonyl (C=O) groups excluding carboxylic acids is 1. The van der Waals surface area contributed by atoms with Crippen LogP contribution in [0.4, 0.5) is 4.48 Å². The number of carbonyl (C=O) groups is 3. The lowest BCUT2D eigenvalue weighted by Crippen LogP contribution is -2.08. The van der Waals surface area contributed by atoms with Crippen LogP contribution >= 0.6 is 11.6 Å². The first-order chi connectivity index (χ1) is 11.9. The van der Waals surface area contributed by atoms with E-state index in [2.05, 4.69) is 5.96 Å². The molecule has 0 radical (unpaired) electrons. The third-order valence-corrected chi connectivity index (χ3v) is 2.66. The first-order valence-corrected chi connectivity index (χ1v) is 6.95. The predicted octanol–water partition coefficient (Wildman–Crippen LogP) is 2.93. The molecule has 9 heteroatoms. The predicted molar refractivity (Wildman–Crippen MR) is 88.0 cm³/mol. The van der Waals surface area contributed by atoms with Crippen molar-refractivity contribution in [3.63, 3.8) is 0 Å². The van der Waals surface area contributed by atoms with E-state index in [1.807, 2.05) is 6.07 Å². The van der Waals surface area contributed by atoms with Crippen molar-refractivity contribution in [2.24, 2.45) is 5.96 Å². The lowest BCUT2D eigenvalue weighted by molar-refractivity contribution is -0.147. The highest BCUT2D eigenvalue weighted by molar-refractivity contribution is 6.32. The van der Waals surface area contributed by atoms with Gasteiger partial charge in [-0.1, -0.05) is 41.9 Å². The average molecular weight is 372 g/mol. The molecule has 134 valence electrons. The molecule has 2 rings (SSSR count). The van der Waals surface area contributed by atoms with Gasteiger partial charge in [0.05, 0.1) is 10.6 Å². The summed E-state index contributed by atoms with van der Waals surface area (Å²) in [6.45, 7) is 0. The molecule has 0 heterocycles. The van der Waals surface area contributed by atoms with Gasteiger partial charge in [0, 0.05) is 0 Å². The second-order valence-electron chi connectivity index (χ2n) is 4.15. The van der Waals surface area contributed by atoms with E-state index in [0.717, 1.165) is 0 Å². The topological polar surface area (TPSA) is 127 Å². The van der Waals surface area contributed by atoms with Crippen molar-refractivity contribution in [1.29, 1.82) is 0 Å². The number of hydrogen-bond acceptors (Lipinski definition) is 5. The maximum atomic E-state index is 11.7. The zero-order valence-corrected chi connectivity index (χ0v) is 13.5. The van der Waals surface area contributed by atoms with E-state index in [1.165, 1.54) is 0 Å². The lowest BCUT2D eigenvalue weighted by Gasteiger charge is -2.05. The van der Waals surface area contributed by atoms with Crippen molar-refractivity contribution in [3.8, 4) is 5.75 Å². The smallest absolute Gasteiger partial charge is 0.343 e. The van der Waals surface area contributed by atoms with Crippen LogP contribution in [-0.2, 0) is 9.59 Å². The SMILES string of the molecule is NF.O=C(O)CC(=O)O.O=C(Oc1ccccc1Cl)c1ccccc1. The van der Waals surface area contributed by atoms with E-state index in [9.17, 15) is 14.4 Å². The van der Waals surface area contributed by atoms with Gasteiger partial charge in [0.15, 0.2) is 0 Å². The molecule has 0 aliphatic heterocycles. The minimum Gasteiger partial charge on any atom is -0.481 e. The van der Waals surface area contributed by atoms with Crippen molar-refractivity contribution in [1.82, 2.24) is 0 Å². The highest BCUT2D eigenvalue weighted by Crippen LogP contribution is 2.23. The van der Waals surface area contributed by atoms with Gasteiger partial charge in [0.2, 0.25) is 0 Å². The molecule has 0 aromatic heterocycles. The Bertz CT molecular complexity index is 684. The van der Waals surface area contributed by atoms with Gasteiger partial charge in [-0.2, -0.15) is 5.96 Å². The summed E-state index contributed by atoms with van der Waals surface area (Å²) in [5.74, 6) is 0.340. The Kier molecular flexibility index (Phi) is 11.0. The van der Waals surface area contributed by atoms with Crippen molar-refractivity contribution in [2.75, 3.05) is 0 Å². The molecule has 0 fully saturated rings. The van der Waals surface area contributed by atoms with Crippen LogP contribution in [0.5, 0.6) is 5.75 Å². The average Bonchev–Trinajstić information content (AvgIpc) is 2.59. The molecule has 0 atom stereocenters. The third-order valence-electron chi connectivity index (χ3n) is 2.35. The molecule has 2 aromatic carbocycles. The largest absolute Gasteiger partial charge is 0.481 e. The number of halogens is 2. The van der Waals surface area contributed by atoms with Crippen LogP contribution in [0.1, 0.15) is 16.8 Å². The fourth-order valence-electron chi connectivity index (χ4n) is 1.39. The minimum atomic E-state index is -1.31. The number of carboxylic acids is 2. The number of benzene rings is 2. The van der Waals surface area contributed by atoms with Gasteiger partial charge < -0.3 is 14.9 Å². The standard InChI is InChI=1S/C13H9ClO2.C3H4O4.FH2N/c14-11-8-4-5-9-12(11)16-13(15)10-6-2-1-3-7-10;4-2(5)1-3(6)7;1-2/h1-9H;1H2,(H,4,5)(H,6,7);2H2. The number of aliphatic carboxylic acids is 2. The molecule has 0 saturated carbocycles. The summed E-state index contributed by atoms with van der Waals surface area (Å²) in [7, 11) is 0. The number of nitrogens with two attached hydrogens (primary N) is 1. The quantitative estimate of drug-likeness (QED) is 0.326. The Balaban J connectivity index is 0.000000544. The Morgan fingerprint density at radius 3 is 1.84 bits per heavy atom. The molecular formula is C16H15ClFNO6. The first-order valence-electron chi connectivity index (χ1n) is 6.57. The number of para-hydroxylation sites is 1. The van der Waals surface area contributed by atoms with Gasteiger partial charge in [-0.15, -0.1) is 4.48 Å². The van der Waals surface area contributed by atoms with Crippen LogP contribution in [0.15, 0.2) is 54.6 Å². The summed E-state index contributed by atoms with van der Waals surface area (Å²) in [6.07, 6.45) is -0.806. The minimum absolute atomic E-state index is 0.373. The zero-order chi connectivity index (χ0) is 19.2. The van der Waals surface area contributed by atoms with E-state index in [-0.39, 0.29) is 0 Å². The summed E-state index contributed by atoms with van der Waals surface area (Å²) >= 11 is 5.88. The molecule has 0 amide bonds. The number of esters is 1. The Morgan fingerprint density at radius 1 is 0.920 bits per heavy atom. The summed E-state index contributed by atoms with van der Waals surface area (Å²) in [4.78, 5) is 30.5. The highest BCUT2D eigenvalue weighted by atomic mass is 35.5. The van der Waals surface area contributed by atoms with E-state index < -0.39 is 24.3 Å². The van der Waals surface area contributed by atoms with Crippen LogP contribution < -0.4 is 10.7 Å². The molecule has 7 nitrogen and oxygen atoms in total. The van der Waals surface area contributed by atoms with Crippen LogP contribution in [-0.4, -0.2) is 28.1 Å². The number of hydrogen-bond donors (Lipinski definition) is 3. The summed E-state index contributed by atoms with van der Waals surface area (Å²) in [5.41, 5.74) is 0.502. The van der Waals surface area contributed by atoms with Crippen molar-refractivity contribution in [3.05, 3.63) is 65.2 Å². The van der Waals surface area contributed by atoms with E-state index in [0.29, 0.717) is 16.3 Å². The van der Waals surface area contributed by atoms with Gasteiger partial charge >= 0.3 is 17.9 Å². The second-order valence-corrected chi connectivity index (χ2v) is 4.56. The first kappa shape index (κ1) is 22.0. The van der Waals surface area contributed by atoms with Crippen molar-refractivity contribution < 1.29 is 33.8 Å². The molecule has 0 aliphatic carbocycles. The Labute approximate surface area is 147 Å². The highest BCUT2D eigenvalue weighted by Gasteiger charge is 2.09. The normalized spacial score (nSPS) is 8.76. The van der Waals surface area contributed by atoms with E-state index in [4.69, 9.17) is 31.0 Å². The summed E-state index contributed by atoms with van der Waals surface area (Å²) < 4.78 is 14.2. The lowest BCUT2D eigenvalue weighted by atomic mass is 10.2. The maximum absolute atomic E-state index is 11.7. The monoisotopic (exact) mass is 371 g/mol. The van der Waals surface area contributed by atoms with E-state index in [1.54, 1.807) is 48.5 Å². The third kappa shape index (κ3) is 9.69. The Hall–Kier alpha value is -2.97. The van der Waals surface area contributed by atoms with Crippen LogP contribution in [0.3, 0.4) is 0 Å². The van der Waals surface area contributed by atoms with Crippen LogP contribution in [0.25, 0.3) is 0 Å². The van der Waals surface area contributed by atoms with Crippen molar-refractivity contribution in [2.45, 2.75) is 6.42 Å². The van der Waals surface area contributed by atoms with Gasteiger partial charge in [-0.25, -0.2) is 4.79 Å². The second kappa shape index (κ2) is 12.5. The molecular weight excluding hydrogens is 357 g/mol. The molecule has 0 unspecified atom stereocenters. The molecule has 0 spiro atoms. The van der Waals surface area contributed by atoms with Gasteiger partial charge in [-0.3, -0.25) is 9.59 Å². The molecule has 0 aliphatic rings.